The van der Waals surface area contributed by atoms with E-state index in [2.05, 4.69) is 0 Å². The van der Waals surface area contributed by atoms with Gasteiger partial charge < -0.3 is 21.1 Å². The number of nitrogens with two attached hydrogens (primary N) is 1. The summed E-state index contributed by atoms with van der Waals surface area (Å²) in [5, 5.41) is 28.2. The highest BCUT2D eigenvalue weighted by molar-refractivity contribution is 6.20. The highest BCUT2D eigenvalue weighted by atomic mass is 35.5. The van der Waals surface area contributed by atoms with Crippen LogP contribution >= 0.6 is 11.6 Å². The largest absolute Gasteiger partial charge is 0.394 e. The Morgan fingerprint density at radius 3 is 2.25 bits per heavy atom. The summed E-state index contributed by atoms with van der Waals surface area (Å²) in [6, 6.07) is 9.16. The van der Waals surface area contributed by atoms with Crippen LogP contribution in [0.1, 0.15) is 5.56 Å². The average molecular weight is 246 g/mol. The van der Waals surface area contributed by atoms with Crippen molar-refractivity contribution < 1.29 is 15.3 Å². The first-order valence-electron chi connectivity index (χ1n) is 4.94. The maximum absolute atomic E-state index is 9.86. The molecule has 0 aliphatic heterocycles. The number of rotatable bonds is 5. The summed E-state index contributed by atoms with van der Waals surface area (Å²) in [7, 11) is 0. The molecule has 1 aromatic rings. The SMILES string of the molecule is NC(CO)(C(O)Cl)C(O)Cc1ccccc1. The van der Waals surface area contributed by atoms with Crippen LogP contribution in [0.4, 0.5) is 0 Å². The lowest BCUT2D eigenvalue weighted by atomic mass is 9.90. The van der Waals surface area contributed by atoms with Crippen molar-refractivity contribution in [3.8, 4) is 0 Å². The van der Waals surface area contributed by atoms with Gasteiger partial charge in [-0.25, -0.2) is 0 Å². The summed E-state index contributed by atoms with van der Waals surface area (Å²) in [6.07, 6.45) is -0.894. The Bertz CT molecular complexity index is 320. The fourth-order valence-corrected chi connectivity index (χ4v) is 1.58. The Balaban J connectivity index is 2.74. The van der Waals surface area contributed by atoms with E-state index < -0.39 is 23.8 Å². The molecule has 5 N–H and O–H groups in total. The van der Waals surface area contributed by atoms with Crippen LogP contribution in [0.2, 0.25) is 0 Å². The summed E-state index contributed by atoms with van der Waals surface area (Å²) in [5.74, 6) is 0. The Labute approximate surface area is 99.3 Å². The Kier molecular flexibility index (Phi) is 4.70. The van der Waals surface area contributed by atoms with Gasteiger partial charge in [0, 0.05) is 6.42 Å². The summed E-state index contributed by atoms with van der Waals surface area (Å²) in [6.45, 7) is -0.592. The number of hydrogen-bond acceptors (Lipinski definition) is 4. The molecular formula is C11H16ClNO3. The minimum atomic E-state index is -1.61. The lowest BCUT2D eigenvalue weighted by Gasteiger charge is -2.33. The van der Waals surface area contributed by atoms with Crippen molar-refractivity contribution in [1.29, 1.82) is 0 Å². The van der Waals surface area contributed by atoms with Crippen LogP contribution in [0.25, 0.3) is 0 Å². The van der Waals surface area contributed by atoms with Gasteiger partial charge in [0.25, 0.3) is 0 Å². The third-order valence-corrected chi connectivity index (χ3v) is 3.02. The average Bonchev–Trinajstić information content (AvgIpc) is 2.28. The van der Waals surface area contributed by atoms with Crippen molar-refractivity contribution >= 4 is 11.6 Å². The molecule has 90 valence electrons. The Hall–Kier alpha value is -0.650. The lowest BCUT2D eigenvalue weighted by Crippen LogP contribution is -2.61. The van der Waals surface area contributed by atoms with Crippen LogP contribution in [0.5, 0.6) is 0 Å². The number of halogens is 1. The van der Waals surface area contributed by atoms with Crippen LogP contribution in [-0.2, 0) is 6.42 Å². The second-order valence-corrected chi connectivity index (χ2v) is 4.23. The third kappa shape index (κ3) is 2.93. The summed E-state index contributed by atoms with van der Waals surface area (Å²) in [5.41, 5.74) is 3.39. The van der Waals surface area contributed by atoms with E-state index in [0.29, 0.717) is 0 Å². The van der Waals surface area contributed by atoms with Gasteiger partial charge in [0.15, 0.2) is 5.56 Å². The number of aliphatic hydroxyl groups excluding tert-OH is 3. The minimum Gasteiger partial charge on any atom is -0.394 e. The monoisotopic (exact) mass is 245 g/mol. The number of hydrogen-bond donors (Lipinski definition) is 4. The topological polar surface area (TPSA) is 86.7 Å². The van der Waals surface area contributed by atoms with E-state index in [1.165, 1.54) is 0 Å². The first kappa shape index (κ1) is 13.4. The molecule has 0 aromatic heterocycles. The van der Waals surface area contributed by atoms with Crippen LogP contribution in [-0.4, -0.2) is 39.1 Å². The molecule has 0 bridgehead atoms. The molecule has 0 aliphatic carbocycles. The zero-order chi connectivity index (χ0) is 12.2. The number of alkyl halides is 1. The fraction of sp³-hybridized carbons (Fsp3) is 0.455. The molecule has 0 saturated heterocycles. The molecule has 0 radical (unpaired) electrons. The highest BCUT2D eigenvalue weighted by Crippen LogP contribution is 2.19. The van der Waals surface area contributed by atoms with E-state index in [4.69, 9.17) is 22.4 Å². The highest BCUT2D eigenvalue weighted by Gasteiger charge is 2.39. The minimum absolute atomic E-state index is 0.224. The van der Waals surface area contributed by atoms with E-state index in [-0.39, 0.29) is 6.42 Å². The van der Waals surface area contributed by atoms with E-state index in [1.54, 1.807) is 0 Å². The van der Waals surface area contributed by atoms with Crippen LogP contribution in [0.15, 0.2) is 30.3 Å². The van der Waals surface area contributed by atoms with Gasteiger partial charge in [0.05, 0.1) is 12.7 Å². The number of benzene rings is 1. The number of aliphatic hydroxyl groups is 3. The predicted octanol–water partition coefficient (Wildman–Crippen LogP) is -0.163. The van der Waals surface area contributed by atoms with Crippen molar-refractivity contribution in [2.24, 2.45) is 5.73 Å². The van der Waals surface area contributed by atoms with Crippen LogP contribution in [0.3, 0.4) is 0 Å². The molecule has 1 rings (SSSR count). The molecule has 4 nitrogen and oxygen atoms in total. The predicted molar refractivity (Wildman–Crippen MR) is 62.0 cm³/mol. The first-order chi connectivity index (χ1) is 7.50. The maximum atomic E-state index is 9.86. The molecule has 3 unspecified atom stereocenters. The maximum Gasteiger partial charge on any atom is 0.150 e. The van der Waals surface area contributed by atoms with Gasteiger partial charge in [-0.1, -0.05) is 41.9 Å². The van der Waals surface area contributed by atoms with Crippen molar-refractivity contribution in [1.82, 2.24) is 0 Å². The third-order valence-electron chi connectivity index (χ3n) is 2.61. The molecule has 5 heteroatoms. The van der Waals surface area contributed by atoms with Gasteiger partial charge in [0.2, 0.25) is 0 Å². The van der Waals surface area contributed by atoms with Crippen molar-refractivity contribution in [3.05, 3.63) is 35.9 Å². The van der Waals surface area contributed by atoms with E-state index >= 15 is 0 Å². The van der Waals surface area contributed by atoms with Crippen molar-refractivity contribution in [3.63, 3.8) is 0 Å². The first-order valence-corrected chi connectivity index (χ1v) is 5.38. The standard InChI is InChI=1S/C11H16ClNO3/c12-10(16)11(13,7-14)9(15)6-8-4-2-1-3-5-8/h1-5,9-10,14-16H,6-7,13H2. The van der Waals surface area contributed by atoms with Gasteiger partial charge in [-0.2, -0.15) is 0 Å². The smallest absolute Gasteiger partial charge is 0.150 e. The normalized spacial score (nSPS) is 18.8. The van der Waals surface area contributed by atoms with Crippen LogP contribution < -0.4 is 5.73 Å². The molecule has 16 heavy (non-hydrogen) atoms. The van der Waals surface area contributed by atoms with Crippen molar-refractivity contribution in [2.75, 3.05) is 6.61 Å². The van der Waals surface area contributed by atoms with Gasteiger partial charge in [-0.05, 0) is 5.56 Å². The van der Waals surface area contributed by atoms with Gasteiger partial charge in [-0.15, -0.1) is 0 Å². The molecular weight excluding hydrogens is 230 g/mol. The van der Waals surface area contributed by atoms with E-state index in [0.717, 1.165) is 5.56 Å². The van der Waals surface area contributed by atoms with E-state index in [1.807, 2.05) is 30.3 Å². The second-order valence-electron chi connectivity index (χ2n) is 3.81. The van der Waals surface area contributed by atoms with Gasteiger partial charge >= 0.3 is 0 Å². The quantitative estimate of drug-likeness (QED) is 0.543. The zero-order valence-corrected chi connectivity index (χ0v) is 9.51. The zero-order valence-electron chi connectivity index (χ0n) is 8.75. The molecule has 1 aromatic carbocycles. The van der Waals surface area contributed by atoms with Crippen LogP contribution in [0, 0.1) is 0 Å². The van der Waals surface area contributed by atoms with Crippen molar-refractivity contribution in [2.45, 2.75) is 23.6 Å². The fourth-order valence-electron chi connectivity index (χ4n) is 1.37. The molecule has 0 fully saturated rings. The Morgan fingerprint density at radius 1 is 1.25 bits per heavy atom. The molecule has 0 amide bonds. The summed E-state index contributed by atoms with van der Waals surface area (Å²) < 4.78 is 0. The molecule has 0 saturated carbocycles. The molecule has 3 atom stereocenters. The van der Waals surface area contributed by atoms with E-state index in [9.17, 15) is 10.2 Å². The summed E-state index contributed by atoms with van der Waals surface area (Å²) >= 11 is 5.46. The lowest BCUT2D eigenvalue weighted by molar-refractivity contribution is -0.00742. The molecule has 0 heterocycles. The van der Waals surface area contributed by atoms with Gasteiger partial charge in [-0.3, -0.25) is 0 Å². The second kappa shape index (κ2) is 5.61. The summed E-state index contributed by atoms with van der Waals surface area (Å²) in [4.78, 5) is 0. The van der Waals surface area contributed by atoms with Gasteiger partial charge in [0.1, 0.15) is 5.54 Å². The Morgan fingerprint density at radius 2 is 1.81 bits per heavy atom. The molecule has 0 aliphatic rings. The molecule has 0 spiro atoms.